The van der Waals surface area contributed by atoms with E-state index in [1.54, 1.807) is 0 Å². The molecule has 0 fully saturated rings. The highest BCUT2D eigenvalue weighted by Crippen LogP contribution is 2.59. The van der Waals surface area contributed by atoms with Crippen molar-refractivity contribution < 1.29 is 0 Å². The number of para-hydroxylation sites is 2. The summed E-state index contributed by atoms with van der Waals surface area (Å²) in [7, 11) is 0. The van der Waals surface area contributed by atoms with Crippen molar-refractivity contribution in [1.29, 1.82) is 0 Å². The topological polar surface area (TPSA) is 6.48 Å². The molecule has 0 spiro atoms. The lowest BCUT2D eigenvalue weighted by Gasteiger charge is -2.43. The van der Waals surface area contributed by atoms with Crippen molar-refractivity contribution in [2.24, 2.45) is 0 Å². The molecular formula is C67H56N2. The van der Waals surface area contributed by atoms with E-state index in [1.165, 1.54) is 124 Å². The Morgan fingerprint density at radius 3 is 1.64 bits per heavy atom. The average Bonchev–Trinajstić information content (AvgIpc) is 3.80. The Balaban J connectivity index is 0.912. The minimum Gasteiger partial charge on any atom is -0.341 e. The van der Waals surface area contributed by atoms with Crippen molar-refractivity contribution in [2.75, 3.05) is 16.3 Å². The lowest BCUT2D eigenvalue weighted by atomic mass is 9.67. The van der Waals surface area contributed by atoms with Gasteiger partial charge in [0, 0.05) is 34.4 Å². The molecule has 9 aromatic carbocycles. The Bertz CT molecular complexity index is 3520. The molecule has 0 N–H and O–H groups in total. The van der Waals surface area contributed by atoms with Crippen molar-refractivity contribution in [3.63, 3.8) is 0 Å². The summed E-state index contributed by atoms with van der Waals surface area (Å²) in [6, 6.07) is 75.8. The summed E-state index contributed by atoms with van der Waals surface area (Å²) in [5.74, 6) is 0. The third kappa shape index (κ3) is 6.10. The lowest BCUT2D eigenvalue weighted by Crippen LogP contribution is -2.32. The van der Waals surface area contributed by atoms with Crippen molar-refractivity contribution in [3.05, 3.63) is 267 Å². The minimum absolute atomic E-state index is 0.129. The van der Waals surface area contributed by atoms with Gasteiger partial charge in [0.15, 0.2) is 0 Å². The van der Waals surface area contributed by atoms with Gasteiger partial charge in [-0.15, -0.1) is 0 Å². The van der Waals surface area contributed by atoms with Gasteiger partial charge in [-0.2, -0.15) is 0 Å². The molecule has 0 aromatic heterocycles. The number of hydrogen-bond acceptors (Lipinski definition) is 2. The fourth-order valence-corrected chi connectivity index (χ4v) is 13.1. The Morgan fingerprint density at radius 1 is 0.420 bits per heavy atom. The van der Waals surface area contributed by atoms with Crippen LogP contribution in [0.2, 0.25) is 0 Å². The SMILES string of the molecule is Cc1cccc2c1C(C)(C)c1ccccc1N2c1ccc2c(c1)C(c1ccccc1)(c1ccccc1)c1cc(C=Cc3ccc4c(c3)C(C)(C)c3cc(N5CCCc6ccccc65)ccc3-4)ccc1-2. The average molecular weight is 889 g/mol. The first-order valence-corrected chi connectivity index (χ1v) is 24.9. The fraction of sp³-hybridized carbons (Fsp3) is 0.164. The smallest absolute Gasteiger partial charge is 0.0714 e. The van der Waals surface area contributed by atoms with Crippen LogP contribution < -0.4 is 9.80 Å². The van der Waals surface area contributed by atoms with Gasteiger partial charge in [0.2, 0.25) is 0 Å². The van der Waals surface area contributed by atoms with Crippen LogP contribution in [0.25, 0.3) is 34.4 Å². The summed E-state index contributed by atoms with van der Waals surface area (Å²) in [4.78, 5) is 5.04. The Morgan fingerprint density at radius 2 is 0.942 bits per heavy atom. The van der Waals surface area contributed by atoms with Gasteiger partial charge in [-0.05, 0) is 157 Å². The van der Waals surface area contributed by atoms with Gasteiger partial charge in [0.1, 0.15) is 0 Å². The number of aryl methyl sites for hydroxylation is 2. The van der Waals surface area contributed by atoms with Gasteiger partial charge in [-0.1, -0.05) is 192 Å². The van der Waals surface area contributed by atoms with Gasteiger partial charge in [0.05, 0.1) is 16.8 Å². The van der Waals surface area contributed by atoms with E-state index in [9.17, 15) is 0 Å². The van der Waals surface area contributed by atoms with Crippen LogP contribution in [0, 0.1) is 6.92 Å². The molecular weight excluding hydrogens is 833 g/mol. The number of rotatable bonds is 6. The predicted molar refractivity (Wildman–Crippen MR) is 290 cm³/mol. The Labute approximate surface area is 407 Å². The molecule has 0 atom stereocenters. The zero-order valence-corrected chi connectivity index (χ0v) is 40.2. The molecule has 0 radical (unpaired) electrons. The predicted octanol–water partition coefficient (Wildman–Crippen LogP) is 17.0. The van der Waals surface area contributed by atoms with E-state index in [1.807, 2.05) is 0 Å². The van der Waals surface area contributed by atoms with Crippen molar-refractivity contribution >= 4 is 40.6 Å². The molecule has 0 saturated heterocycles. The lowest BCUT2D eigenvalue weighted by molar-refractivity contribution is 0.627. The molecule has 69 heavy (non-hydrogen) atoms. The summed E-state index contributed by atoms with van der Waals surface area (Å²) >= 11 is 0. The van der Waals surface area contributed by atoms with Gasteiger partial charge in [0.25, 0.3) is 0 Å². The van der Waals surface area contributed by atoms with E-state index >= 15 is 0 Å². The summed E-state index contributed by atoms with van der Waals surface area (Å²) in [6.07, 6.45) is 6.96. The van der Waals surface area contributed by atoms with E-state index in [0.717, 1.165) is 13.0 Å². The maximum Gasteiger partial charge on any atom is 0.0714 e. The molecule has 13 rings (SSSR count). The second-order valence-corrected chi connectivity index (χ2v) is 20.8. The normalized spacial score (nSPS) is 16.2. The van der Waals surface area contributed by atoms with Crippen LogP contribution >= 0.6 is 0 Å². The first-order valence-electron chi connectivity index (χ1n) is 24.9. The zero-order valence-electron chi connectivity index (χ0n) is 40.2. The molecule has 0 bridgehead atoms. The van der Waals surface area contributed by atoms with Crippen LogP contribution in [0.4, 0.5) is 28.4 Å². The van der Waals surface area contributed by atoms with Crippen LogP contribution in [0.3, 0.4) is 0 Å². The molecule has 0 unspecified atom stereocenters. The highest BCUT2D eigenvalue weighted by atomic mass is 15.2. The van der Waals surface area contributed by atoms with E-state index in [2.05, 4.69) is 257 Å². The van der Waals surface area contributed by atoms with Crippen molar-refractivity contribution in [1.82, 2.24) is 0 Å². The monoisotopic (exact) mass is 888 g/mol. The number of benzene rings is 9. The summed E-state index contributed by atoms with van der Waals surface area (Å²) in [5, 5.41) is 0. The largest absolute Gasteiger partial charge is 0.341 e. The molecule has 4 aliphatic rings. The van der Waals surface area contributed by atoms with E-state index < -0.39 is 5.41 Å². The fourth-order valence-electron chi connectivity index (χ4n) is 13.1. The van der Waals surface area contributed by atoms with Gasteiger partial charge >= 0.3 is 0 Å². The number of hydrogen-bond donors (Lipinski definition) is 0. The summed E-state index contributed by atoms with van der Waals surface area (Å²) < 4.78 is 0. The van der Waals surface area contributed by atoms with Crippen molar-refractivity contribution in [3.8, 4) is 22.3 Å². The van der Waals surface area contributed by atoms with Crippen LogP contribution in [0.15, 0.2) is 200 Å². The highest BCUT2D eigenvalue weighted by Gasteiger charge is 2.47. The first-order chi connectivity index (χ1) is 33.6. The molecule has 2 aliphatic carbocycles. The van der Waals surface area contributed by atoms with E-state index in [4.69, 9.17) is 0 Å². The zero-order chi connectivity index (χ0) is 46.6. The molecule has 2 heterocycles. The van der Waals surface area contributed by atoms with Crippen LogP contribution in [0.1, 0.15) is 101 Å². The Kier molecular flexibility index (Phi) is 9.28. The van der Waals surface area contributed by atoms with E-state index in [0.29, 0.717) is 0 Å². The Hall–Kier alpha value is -7.68. The molecule has 2 heteroatoms. The third-order valence-corrected chi connectivity index (χ3v) is 16.3. The molecule has 0 saturated carbocycles. The van der Waals surface area contributed by atoms with Crippen molar-refractivity contribution in [2.45, 2.75) is 63.7 Å². The molecule has 2 aliphatic heterocycles. The molecule has 334 valence electrons. The minimum atomic E-state index is -0.560. The number of fused-ring (bicyclic) bond motifs is 9. The number of nitrogens with zero attached hydrogens (tertiary/aromatic N) is 2. The van der Waals surface area contributed by atoms with Gasteiger partial charge < -0.3 is 9.80 Å². The molecule has 9 aromatic rings. The molecule has 0 amide bonds. The van der Waals surface area contributed by atoms with Crippen LogP contribution in [-0.2, 0) is 22.7 Å². The van der Waals surface area contributed by atoms with Gasteiger partial charge in [-0.3, -0.25) is 0 Å². The summed E-state index contributed by atoms with van der Waals surface area (Å²) in [5.41, 5.74) is 26.5. The summed E-state index contributed by atoms with van der Waals surface area (Å²) in [6.45, 7) is 12.9. The first kappa shape index (κ1) is 41.5. The standard InChI is InChI=1S/C67H56N2/c1-44-18-16-28-63-64(44)66(4,5)56-25-13-15-27-62(56)69(63)51-34-38-55-54-36-32-46(41-59(54)67(60(55)43-51,48-21-8-6-9-22-48)49-23-10-7-11-24-49)30-29-45-31-35-52-53-37-33-50(42-58(53)65(2,3)57(52)40-45)68-39-17-20-47-19-12-14-26-61(47)68/h6-16,18-19,21-38,40-43H,17,20,39H2,1-5H3. The van der Waals surface area contributed by atoms with E-state index in [-0.39, 0.29) is 10.8 Å². The van der Waals surface area contributed by atoms with Crippen LogP contribution in [0.5, 0.6) is 0 Å². The second kappa shape index (κ2) is 15.4. The maximum absolute atomic E-state index is 2.53. The number of anilines is 5. The molecule has 2 nitrogen and oxygen atoms in total. The highest BCUT2D eigenvalue weighted by molar-refractivity contribution is 5.93. The maximum atomic E-state index is 2.53. The third-order valence-electron chi connectivity index (χ3n) is 16.3. The van der Waals surface area contributed by atoms with Gasteiger partial charge in [-0.25, -0.2) is 0 Å². The van der Waals surface area contributed by atoms with Crippen LogP contribution in [-0.4, -0.2) is 6.54 Å². The quantitative estimate of drug-likeness (QED) is 0.154. The second-order valence-electron chi connectivity index (χ2n) is 20.8.